The topological polar surface area (TPSA) is 20.2 Å². The summed E-state index contributed by atoms with van der Waals surface area (Å²) in [6.45, 7) is 3.31. The third kappa shape index (κ3) is 11.1. The standard InChI is InChI=1S/C3H6O.Ac/c1-2-3-4;/h2,4H,1,3H2;. The molecular weight excluding hydrogens is 279 g/mol. The first kappa shape index (κ1) is 9.47. The molecule has 0 spiro atoms. The first-order valence-electron chi connectivity index (χ1n) is 1.13. The van der Waals surface area contributed by atoms with Gasteiger partial charge in [0.15, 0.2) is 0 Å². The van der Waals surface area contributed by atoms with Crippen LogP contribution >= 0.6 is 0 Å². The van der Waals surface area contributed by atoms with Crippen molar-refractivity contribution in [2.45, 2.75) is 0 Å². The molecule has 0 aliphatic rings. The molecule has 0 fully saturated rings. The summed E-state index contributed by atoms with van der Waals surface area (Å²) in [4.78, 5) is 0. The van der Waals surface area contributed by atoms with Gasteiger partial charge in [-0.15, -0.1) is 6.58 Å². The molecule has 0 rings (SSSR count). The molecule has 0 atom stereocenters. The van der Waals surface area contributed by atoms with Crippen molar-refractivity contribution in [1.29, 1.82) is 0 Å². The summed E-state index contributed by atoms with van der Waals surface area (Å²) < 4.78 is 0. The Hall–Kier alpha value is 1.14. The number of aliphatic hydroxyl groups is 1. The van der Waals surface area contributed by atoms with Gasteiger partial charge >= 0.3 is 0 Å². The van der Waals surface area contributed by atoms with Crippen molar-refractivity contribution >= 4 is 0 Å². The van der Waals surface area contributed by atoms with Gasteiger partial charge in [0, 0.05) is 44.1 Å². The van der Waals surface area contributed by atoms with Gasteiger partial charge in [-0.2, -0.15) is 0 Å². The molecule has 0 aliphatic heterocycles. The van der Waals surface area contributed by atoms with Crippen LogP contribution in [0.15, 0.2) is 12.7 Å². The maximum atomic E-state index is 7.76. The van der Waals surface area contributed by atoms with Gasteiger partial charge in [-0.3, -0.25) is 0 Å². The van der Waals surface area contributed by atoms with Crippen LogP contribution in [-0.4, -0.2) is 11.7 Å². The fraction of sp³-hybridized carbons (Fsp3) is 0.333. The van der Waals surface area contributed by atoms with Gasteiger partial charge in [0.05, 0.1) is 6.61 Å². The van der Waals surface area contributed by atoms with Crippen molar-refractivity contribution in [3.63, 3.8) is 0 Å². The molecule has 2 heteroatoms. The first-order chi connectivity index (χ1) is 1.91. The van der Waals surface area contributed by atoms with Crippen LogP contribution in [0.3, 0.4) is 0 Å². The van der Waals surface area contributed by atoms with E-state index in [1.807, 2.05) is 0 Å². The molecule has 0 aromatic carbocycles. The third-order valence-electron chi connectivity index (χ3n) is 0.129. The minimum atomic E-state index is 0. The van der Waals surface area contributed by atoms with Crippen molar-refractivity contribution < 1.29 is 49.2 Å². The van der Waals surface area contributed by atoms with Crippen LogP contribution in [0, 0.1) is 44.1 Å². The molecule has 0 aromatic rings. The Labute approximate surface area is 67.6 Å². The number of hydrogen-bond donors (Lipinski definition) is 1. The quantitative estimate of drug-likeness (QED) is 0.681. The van der Waals surface area contributed by atoms with Crippen LogP contribution in [0.1, 0.15) is 0 Å². The monoisotopic (exact) mass is 285 g/mol. The molecule has 1 radical (unpaired) electrons. The summed E-state index contributed by atoms with van der Waals surface area (Å²) in [6.07, 6.45) is 1.43. The summed E-state index contributed by atoms with van der Waals surface area (Å²) in [6, 6.07) is 0. The zero-order valence-corrected chi connectivity index (χ0v) is 7.76. The van der Waals surface area contributed by atoms with Crippen molar-refractivity contribution in [3.8, 4) is 0 Å². The molecule has 0 bridgehead atoms. The molecule has 1 nitrogen and oxygen atoms in total. The molecule has 0 amide bonds. The van der Waals surface area contributed by atoms with E-state index in [0.717, 1.165) is 0 Å². The summed E-state index contributed by atoms with van der Waals surface area (Å²) in [5.74, 6) is 0. The second kappa shape index (κ2) is 8.94. The largest absolute Gasteiger partial charge is 0.392 e. The van der Waals surface area contributed by atoms with Gasteiger partial charge in [-0.1, -0.05) is 6.08 Å². The van der Waals surface area contributed by atoms with Crippen molar-refractivity contribution in [1.82, 2.24) is 0 Å². The maximum absolute atomic E-state index is 7.76. The Morgan fingerprint density at radius 3 is 2.00 bits per heavy atom. The molecule has 0 unspecified atom stereocenters. The van der Waals surface area contributed by atoms with E-state index in [1.165, 1.54) is 6.08 Å². The Morgan fingerprint density at radius 1 is 1.80 bits per heavy atom. The summed E-state index contributed by atoms with van der Waals surface area (Å²) in [5, 5.41) is 7.76. The van der Waals surface area contributed by atoms with Gasteiger partial charge in [0.2, 0.25) is 0 Å². The van der Waals surface area contributed by atoms with Crippen LogP contribution in [-0.2, 0) is 0 Å². The van der Waals surface area contributed by atoms with E-state index in [4.69, 9.17) is 5.11 Å². The Morgan fingerprint density at radius 2 is 2.00 bits per heavy atom. The Kier molecular flexibility index (Phi) is 16.9. The normalized spacial score (nSPS) is 5.00. The van der Waals surface area contributed by atoms with E-state index in [9.17, 15) is 0 Å². The van der Waals surface area contributed by atoms with Gasteiger partial charge in [-0.05, 0) is 0 Å². The first-order valence-corrected chi connectivity index (χ1v) is 1.13. The van der Waals surface area contributed by atoms with E-state index < -0.39 is 0 Å². The number of aliphatic hydroxyl groups excluding tert-OH is 1. The van der Waals surface area contributed by atoms with Crippen LogP contribution in [0.5, 0.6) is 0 Å². The molecule has 0 saturated heterocycles. The molecule has 0 aromatic heterocycles. The number of rotatable bonds is 1. The predicted octanol–water partition coefficient (Wildman–Crippen LogP) is 0.165. The van der Waals surface area contributed by atoms with Crippen molar-refractivity contribution in [2.75, 3.05) is 6.61 Å². The Balaban J connectivity index is 0. The Bertz CT molecular complexity index is 20.9. The maximum Gasteiger partial charge on any atom is 0.0609 e. The molecule has 0 saturated carbocycles. The second-order valence-corrected chi connectivity index (χ2v) is 0.471. The zero-order chi connectivity index (χ0) is 3.41. The van der Waals surface area contributed by atoms with Crippen molar-refractivity contribution in [2.24, 2.45) is 0 Å². The fourth-order valence-corrected chi connectivity index (χ4v) is 0. The van der Waals surface area contributed by atoms with Crippen LogP contribution < -0.4 is 0 Å². The third-order valence-corrected chi connectivity index (χ3v) is 0.129. The summed E-state index contributed by atoms with van der Waals surface area (Å²) in [7, 11) is 0. The SMILES string of the molecule is C=CCO.[Ac]. The average Bonchev–Trinajstić information content (AvgIpc) is 1.37. The van der Waals surface area contributed by atoms with E-state index >= 15 is 0 Å². The molecule has 1 N–H and O–H groups in total. The zero-order valence-electron chi connectivity index (χ0n) is 3.02. The van der Waals surface area contributed by atoms with Gasteiger partial charge < -0.3 is 5.11 Å². The van der Waals surface area contributed by atoms with E-state index in [1.54, 1.807) is 0 Å². The van der Waals surface area contributed by atoms with Crippen molar-refractivity contribution in [3.05, 3.63) is 12.7 Å². The molecule has 27 valence electrons. The van der Waals surface area contributed by atoms with Gasteiger partial charge in [0.25, 0.3) is 0 Å². The minimum absolute atomic E-state index is 0. The van der Waals surface area contributed by atoms with Gasteiger partial charge in [-0.25, -0.2) is 0 Å². The van der Waals surface area contributed by atoms with Crippen LogP contribution in [0.2, 0.25) is 0 Å². The number of hydrogen-bond acceptors (Lipinski definition) is 1. The summed E-state index contributed by atoms with van der Waals surface area (Å²) >= 11 is 0. The predicted molar refractivity (Wildman–Crippen MR) is 17.3 cm³/mol. The molecule has 0 aliphatic carbocycles. The average molecular weight is 285 g/mol. The fourth-order valence-electron chi connectivity index (χ4n) is 0. The van der Waals surface area contributed by atoms with E-state index in [0.29, 0.717) is 0 Å². The van der Waals surface area contributed by atoms with Crippen LogP contribution in [0.4, 0.5) is 0 Å². The van der Waals surface area contributed by atoms with E-state index in [2.05, 4.69) is 6.58 Å². The minimum Gasteiger partial charge on any atom is -0.392 e. The molecular formula is C3H6AcO. The molecule has 0 heterocycles. The summed E-state index contributed by atoms with van der Waals surface area (Å²) in [5.41, 5.74) is 0. The van der Waals surface area contributed by atoms with Crippen LogP contribution in [0.25, 0.3) is 0 Å². The smallest absolute Gasteiger partial charge is 0.0609 e. The molecule has 5 heavy (non-hydrogen) atoms. The van der Waals surface area contributed by atoms with E-state index in [-0.39, 0.29) is 50.7 Å². The second-order valence-electron chi connectivity index (χ2n) is 0.471. The van der Waals surface area contributed by atoms with Gasteiger partial charge in [0.1, 0.15) is 0 Å².